The number of hydrogen-bond donors (Lipinski definition) is 1. The third-order valence-corrected chi connectivity index (χ3v) is 13.2. The molecule has 3 aliphatic heterocycles. The van der Waals surface area contributed by atoms with E-state index in [1.807, 2.05) is 56.4 Å². The van der Waals surface area contributed by atoms with Crippen LogP contribution >= 0.6 is 0 Å². The lowest BCUT2D eigenvalue weighted by Crippen LogP contribution is -2.45. The molecule has 2 aliphatic carbocycles. The molecule has 3 fully saturated rings. The predicted octanol–water partition coefficient (Wildman–Crippen LogP) is 8.49. The van der Waals surface area contributed by atoms with Crippen LogP contribution in [0.1, 0.15) is 94.9 Å². The fourth-order valence-corrected chi connectivity index (χ4v) is 10.0. The Balaban J connectivity index is 0.867. The van der Waals surface area contributed by atoms with Gasteiger partial charge in [-0.15, -0.1) is 0 Å². The van der Waals surface area contributed by atoms with Crippen LogP contribution in [0, 0.1) is 35.5 Å². The highest BCUT2D eigenvalue weighted by Gasteiger charge is 2.53. The second kappa shape index (κ2) is 16.1. The number of aliphatic imine (C=N–C) groups is 2. The summed E-state index contributed by atoms with van der Waals surface area (Å²) in [7, 11) is 1.37. The number of likely N-dealkylation sites (tertiary alicyclic amines) is 1. The Morgan fingerprint density at radius 1 is 0.821 bits per heavy atom. The van der Waals surface area contributed by atoms with Crippen LogP contribution in [0.15, 0.2) is 95.4 Å². The maximum absolute atomic E-state index is 13.7. The molecule has 0 unspecified atom stereocenters. The van der Waals surface area contributed by atoms with Crippen molar-refractivity contribution in [3.8, 4) is 11.1 Å². The van der Waals surface area contributed by atoms with Gasteiger partial charge in [0.15, 0.2) is 0 Å². The van der Waals surface area contributed by atoms with Gasteiger partial charge in [0.1, 0.15) is 0 Å². The van der Waals surface area contributed by atoms with Gasteiger partial charge in [-0.25, -0.2) is 0 Å². The van der Waals surface area contributed by atoms with Crippen molar-refractivity contribution in [3.05, 3.63) is 102 Å². The molecule has 4 heterocycles. The summed E-state index contributed by atoms with van der Waals surface area (Å²) >= 11 is 0. The summed E-state index contributed by atoms with van der Waals surface area (Å²) in [6, 6.07) is 21.2. The van der Waals surface area contributed by atoms with Crippen molar-refractivity contribution in [2.24, 2.45) is 45.5 Å². The maximum atomic E-state index is 13.7. The van der Waals surface area contributed by atoms with Gasteiger partial charge >= 0.3 is 5.97 Å². The molecule has 9 heteroatoms. The van der Waals surface area contributed by atoms with Gasteiger partial charge in [-0.2, -0.15) is 0 Å². The first-order valence-corrected chi connectivity index (χ1v) is 20.5. The minimum absolute atomic E-state index is 0.0220. The van der Waals surface area contributed by atoms with Crippen molar-refractivity contribution in [3.63, 3.8) is 0 Å². The van der Waals surface area contributed by atoms with Crippen LogP contribution in [-0.2, 0) is 19.1 Å². The monoisotopic (exact) mass is 751 g/mol. The van der Waals surface area contributed by atoms with E-state index in [2.05, 4.69) is 58.8 Å². The average Bonchev–Trinajstić information content (AvgIpc) is 4.08. The van der Waals surface area contributed by atoms with Gasteiger partial charge in [-0.05, 0) is 102 Å². The van der Waals surface area contributed by atoms with Gasteiger partial charge in [-0.1, -0.05) is 68.4 Å². The maximum Gasteiger partial charge on any atom is 0.306 e. The molecule has 2 aromatic carbocycles. The third-order valence-electron chi connectivity index (χ3n) is 13.2. The quantitative estimate of drug-likeness (QED) is 0.187. The number of carbonyl (C=O) groups is 3. The summed E-state index contributed by atoms with van der Waals surface area (Å²) in [5.74, 6) is 0.618. The Bertz CT molecular complexity index is 2080. The van der Waals surface area contributed by atoms with E-state index in [1.54, 1.807) is 6.20 Å². The Kier molecular flexibility index (Phi) is 10.9. The summed E-state index contributed by atoms with van der Waals surface area (Å²) in [6.45, 7) is 6.71. The summed E-state index contributed by atoms with van der Waals surface area (Å²) in [4.78, 5) is 55.5. The first kappa shape index (κ1) is 37.7. The lowest BCUT2D eigenvalue weighted by molar-refractivity contribution is -0.148. The SMILES string of the molecule is COC(=O)C[C@H](C(=O)N1CCC[C@H]1C1=NC=C(c2ccc(-c3ccc(C4=CN=C([C@@H]5[C@H]6CC[C@H](C6)[C@H]5C(=O)N[C@H](C)c5cccnc5)C4)cc3)cc2)C1)C(C)C. The molecular formula is C47H53N5O4. The number of nitrogens with zero attached hydrogens (tertiary/aromatic N) is 4. The molecule has 290 valence electrons. The van der Waals surface area contributed by atoms with E-state index >= 15 is 0 Å². The zero-order chi connectivity index (χ0) is 38.9. The molecule has 8 rings (SSSR count). The predicted molar refractivity (Wildman–Crippen MR) is 220 cm³/mol. The molecule has 9 nitrogen and oxygen atoms in total. The van der Waals surface area contributed by atoms with Crippen LogP contribution in [-0.4, -0.2) is 58.8 Å². The molecule has 5 aliphatic rings. The molecule has 7 atom stereocenters. The smallest absolute Gasteiger partial charge is 0.306 e. The Hall–Kier alpha value is -5.18. The van der Waals surface area contributed by atoms with Crippen molar-refractivity contribution in [1.82, 2.24) is 15.2 Å². The van der Waals surface area contributed by atoms with Crippen molar-refractivity contribution in [2.45, 2.75) is 84.2 Å². The van der Waals surface area contributed by atoms with Crippen LogP contribution in [0.2, 0.25) is 0 Å². The lowest BCUT2D eigenvalue weighted by atomic mass is 9.74. The van der Waals surface area contributed by atoms with Gasteiger partial charge in [0.25, 0.3) is 0 Å². The van der Waals surface area contributed by atoms with Crippen molar-refractivity contribution >= 4 is 40.4 Å². The zero-order valence-electron chi connectivity index (χ0n) is 33.0. The molecule has 2 saturated carbocycles. The standard InChI is InChI=1S/C47H53N5O4/c1-28(2)39(24-43(53)56-4)47(55)52-20-6-8-42(52)40-22-37(26-49-40)32-13-9-30(10-14-32)31-11-15-33(16-12-31)38-23-41(50-27-38)44-34-17-18-35(21-34)45(44)46(54)51-29(3)36-7-5-19-48-25-36/h5,7,9-16,19,25-29,34-35,39,42,44-45H,6,8,17-18,20-24H2,1-4H3,(H,51,54)/t29-,34+,35-,39+,42+,44+,45-/m1/s1. The largest absolute Gasteiger partial charge is 0.469 e. The summed E-state index contributed by atoms with van der Waals surface area (Å²) < 4.78 is 4.89. The number of carbonyl (C=O) groups excluding carboxylic acids is 3. The molecule has 1 aromatic heterocycles. The molecule has 0 spiro atoms. The van der Waals surface area contributed by atoms with E-state index in [-0.39, 0.29) is 54.0 Å². The molecule has 2 amide bonds. The zero-order valence-corrected chi connectivity index (χ0v) is 33.0. The van der Waals surface area contributed by atoms with Gasteiger partial charge in [-0.3, -0.25) is 29.4 Å². The number of nitrogens with one attached hydrogen (secondary N) is 1. The van der Waals surface area contributed by atoms with Crippen molar-refractivity contribution < 1.29 is 19.1 Å². The van der Waals surface area contributed by atoms with Gasteiger partial charge in [0.2, 0.25) is 11.8 Å². The Morgan fingerprint density at radius 2 is 1.45 bits per heavy atom. The minimum atomic E-state index is -0.396. The summed E-state index contributed by atoms with van der Waals surface area (Å²) in [5.41, 5.74) is 10.2. The number of hydrogen-bond acceptors (Lipinski definition) is 7. The number of pyridine rings is 1. The van der Waals surface area contributed by atoms with E-state index < -0.39 is 5.92 Å². The number of ether oxygens (including phenoxy) is 1. The van der Waals surface area contributed by atoms with Crippen LogP contribution in [0.25, 0.3) is 22.3 Å². The summed E-state index contributed by atoms with van der Waals surface area (Å²) in [5, 5.41) is 3.31. The average molecular weight is 752 g/mol. The normalized spacial score (nSPS) is 25.1. The number of benzene rings is 2. The Labute approximate surface area is 330 Å². The number of amides is 2. The van der Waals surface area contributed by atoms with Crippen molar-refractivity contribution in [2.75, 3.05) is 13.7 Å². The molecule has 2 bridgehead atoms. The van der Waals surface area contributed by atoms with Gasteiger partial charge in [0, 0.05) is 67.4 Å². The first-order chi connectivity index (χ1) is 27.2. The number of methoxy groups -OCH3 is 1. The number of fused-ring (bicyclic) bond motifs is 2. The van der Waals surface area contributed by atoms with Crippen molar-refractivity contribution in [1.29, 1.82) is 0 Å². The number of allylic oxidation sites excluding steroid dienone is 2. The van der Waals surface area contributed by atoms with Crippen LogP contribution in [0.3, 0.4) is 0 Å². The van der Waals surface area contributed by atoms with Gasteiger partial charge in [0.05, 0.1) is 31.5 Å². The van der Waals surface area contributed by atoms with Gasteiger partial charge < -0.3 is 15.0 Å². The number of rotatable bonds is 12. The first-order valence-electron chi connectivity index (χ1n) is 20.5. The molecule has 1 N–H and O–H groups in total. The molecule has 0 radical (unpaired) electrons. The van der Waals surface area contributed by atoms with E-state index in [0.29, 0.717) is 24.8 Å². The summed E-state index contributed by atoms with van der Waals surface area (Å²) in [6.07, 6.45) is 14.4. The van der Waals surface area contributed by atoms with Crippen LogP contribution in [0.4, 0.5) is 0 Å². The van der Waals surface area contributed by atoms with E-state index in [0.717, 1.165) is 65.6 Å². The molecule has 1 saturated heterocycles. The number of aromatic nitrogens is 1. The highest BCUT2D eigenvalue weighted by Crippen LogP contribution is 2.54. The van der Waals surface area contributed by atoms with E-state index in [1.165, 1.54) is 30.4 Å². The minimum Gasteiger partial charge on any atom is -0.469 e. The fraction of sp³-hybridized carbons (Fsp3) is 0.447. The van der Waals surface area contributed by atoms with E-state index in [4.69, 9.17) is 14.7 Å². The molecular weight excluding hydrogens is 699 g/mol. The molecule has 56 heavy (non-hydrogen) atoms. The van der Waals surface area contributed by atoms with E-state index in [9.17, 15) is 14.4 Å². The second-order valence-electron chi connectivity index (χ2n) is 16.8. The second-order valence-corrected chi connectivity index (χ2v) is 16.8. The lowest BCUT2D eigenvalue weighted by Gasteiger charge is -2.31. The third kappa shape index (κ3) is 7.52. The highest BCUT2D eigenvalue weighted by atomic mass is 16.5. The topological polar surface area (TPSA) is 113 Å². The number of esters is 1. The van der Waals surface area contributed by atoms with Crippen LogP contribution < -0.4 is 5.32 Å². The highest BCUT2D eigenvalue weighted by molar-refractivity contribution is 6.04. The fourth-order valence-electron chi connectivity index (χ4n) is 10.0. The van der Waals surface area contributed by atoms with Crippen LogP contribution in [0.5, 0.6) is 0 Å². The molecule has 3 aromatic rings. The Morgan fingerprint density at radius 3 is 2.07 bits per heavy atom.